The number of carbonyl (C=O) groups is 1. The lowest BCUT2D eigenvalue weighted by Crippen LogP contribution is -2.31. The van der Waals surface area contributed by atoms with E-state index in [1.807, 2.05) is 30.3 Å². The van der Waals surface area contributed by atoms with E-state index in [-0.39, 0.29) is 18.2 Å². The zero-order valence-electron chi connectivity index (χ0n) is 12.6. The number of likely N-dealkylation sites (tertiary alicyclic amines) is 1. The highest BCUT2D eigenvalue weighted by Gasteiger charge is 2.10. The van der Waals surface area contributed by atoms with Crippen molar-refractivity contribution in [1.82, 2.24) is 4.90 Å². The van der Waals surface area contributed by atoms with Crippen molar-refractivity contribution in [2.75, 3.05) is 26.7 Å². The van der Waals surface area contributed by atoms with Crippen LogP contribution in [0.5, 0.6) is 5.75 Å². The zero-order valence-corrected chi connectivity index (χ0v) is 13.4. The van der Waals surface area contributed by atoms with E-state index in [2.05, 4.69) is 4.90 Å². The fourth-order valence-corrected chi connectivity index (χ4v) is 2.44. The van der Waals surface area contributed by atoms with Gasteiger partial charge in [0.2, 0.25) is 0 Å². The summed E-state index contributed by atoms with van der Waals surface area (Å²) in [5.74, 6) is 1.03. The maximum absolute atomic E-state index is 11.8. The van der Waals surface area contributed by atoms with E-state index in [9.17, 15) is 4.79 Å². The summed E-state index contributed by atoms with van der Waals surface area (Å²) in [4.78, 5) is 14.2. The molecule has 0 aliphatic carbocycles. The van der Waals surface area contributed by atoms with E-state index < -0.39 is 0 Å². The minimum Gasteiger partial charge on any atom is -0.497 e. The van der Waals surface area contributed by atoms with Gasteiger partial charge in [-0.2, -0.15) is 0 Å². The van der Waals surface area contributed by atoms with E-state index in [1.54, 1.807) is 13.2 Å². The van der Waals surface area contributed by atoms with Gasteiger partial charge < -0.3 is 9.64 Å². The molecule has 1 aliphatic rings. The summed E-state index contributed by atoms with van der Waals surface area (Å²) < 4.78 is 5.10. The van der Waals surface area contributed by atoms with Crippen LogP contribution >= 0.6 is 12.4 Å². The number of ether oxygens (including phenoxy) is 1. The van der Waals surface area contributed by atoms with Crippen LogP contribution in [0, 0.1) is 0 Å². The SMILES string of the molecule is COc1ccc(/C=C/C(=O)CCN2CCCCC2)cc1.Cl. The molecule has 0 N–H and O–H groups in total. The molecule has 1 aliphatic heterocycles. The third-order valence-corrected chi connectivity index (χ3v) is 3.70. The largest absolute Gasteiger partial charge is 0.497 e. The molecule has 116 valence electrons. The Balaban J connectivity index is 0.00000220. The molecule has 1 fully saturated rings. The third-order valence-electron chi connectivity index (χ3n) is 3.70. The lowest BCUT2D eigenvalue weighted by atomic mass is 10.1. The summed E-state index contributed by atoms with van der Waals surface area (Å²) in [6, 6.07) is 7.70. The maximum Gasteiger partial charge on any atom is 0.156 e. The predicted octanol–water partition coefficient (Wildman–Crippen LogP) is 3.58. The highest BCUT2D eigenvalue weighted by molar-refractivity contribution is 5.93. The number of rotatable bonds is 6. The molecular weight excluding hydrogens is 286 g/mol. The second kappa shape index (κ2) is 9.59. The molecule has 0 unspecified atom stereocenters. The summed E-state index contributed by atoms with van der Waals surface area (Å²) in [6.07, 6.45) is 8.06. The Bertz CT molecular complexity index is 450. The molecule has 2 rings (SSSR count). The van der Waals surface area contributed by atoms with Gasteiger partial charge in [0.15, 0.2) is 5.78 Å². The second-order valence-corrected chi connectivity index (χ2v) is 5.23. The second-order valence-electron chi connectivity index (χ2n) is 5.23. The number of ketones is 1. The Morgan fingerprint density at radius 2 is 1.86 bits per heavy atom. The van der Waals surface area contributed by atoms with Gasteiger partial charge in [-0.15, -0.1) is 12.4 Å². The van der Waals surface area contributed by atoms with Gasteiger partial charge in [0.05, 0.1) is 7.11 Å². The number of hydrogen-bond donors (Lipinski definition) is 0. The van der Waals surface area contributed by atoms with Crippen LogP contribution in [0.3, 0.4) is 0 Å². The smallest absolute Gasteiger partial charge is 0.156 e. The molecule has 1 aromatic rings. The molecule has 1 saturated heterocycles. The molecule has 21 heavy (non-hydrogen) atoms. The van der Waals surface area contributed by atoms with Crippen LogP contribution in [0.25, 0.3) is 6.08 Å². The Labute approximate surface area is 133 Å². The van der Waals surface area contributed by atoms with Gasteiger partial charge in [-0.05, 0) is 49.7 Å². The van der Waals surface area contributed by atoms with Gasteiger partial charge in [-0.1, -0.05) is 24.6 Å². The lowest BCUT2D eigenvalue weighted by molar-refractivity contribution is -0.114. The molecule has 0 saturated carbocycles. The quantitative estimate of drug-likeness (QED) is 0.752. The van der Waals surface area contributed by atoms with E-state index in [1.165, 1.54) is 19.3 Å². The standard InChI is InChI=1S/C17H23NO2.ClH/c1-20-17-9-6-15(7-10-17)5-8-16(19)11-14-18-12-3-2-4-13-18;/h5-10H,2-4,11-14H2,1H3;1H/b8-5+;. The summed E-state index contributed by atoms with van der Waals surface area (Å²) >= 11 is 0. The number of halogens is 1. The highest BCUT2D eigenvalue weighted by atomic mass is 35.5. The van der Waals surface area contributed by atoms with Crippen LogP contribution in [0.4, 0.5) is 0 Å². The average Bonchev–Trinajstić information content (AvgIpc) is 2.52. The van der Waals surface area contributed by atoms with Crippen molar-refractivity contribution in [3.8, 4) is 5.75 Å². The number of allylic oxidation sites excluding steroid dienone is 1. The molecule has 4 heteroatoms. The molecule has 3 nitrogen and oxygen atoms in total. The summed E-state index contributed by atoms with van der Waals surface area (Å²) in [5.41, 5.74) is 1.03. The first-order valence-corrected chi connectivity index (χ1v) is 7.35. The van der Waals surface area contributed by atoms with E-state index >= 15 is 0 Å². The fourth-order valence-electron chi connectivity index (χ4n) is 2.44. The molecule has 1 aromatic carbocycles. The lowest BCUT2D eigenvalue weighted by Gasteiger charge is -2.25. The van der Waals surface area contributed by atoms with Crippen LogP contribution in [0.2, 0.25) is 0 Å². The van der Waals surface area contributed by atoms with Gasteiger partial charge in [0.25, 0.3) is 0 Å². The highest BCUT2D eigenvalue weighted by Crippen LogP contribution is 2.13. The number of hydrogen-bond acceptors (Lipinski definition) is 3. The van der Waals surface area contributed by atoms with E-state index in [0.717, 1.165) is 30.9 Å². The zero-order chi connectivity index (χ0) is 14.2. The third kappa shape index (κ3) is 6.32. The van der Waals surface area contributed by atoms with Crippen LogP contribution < -0.4 is 4.74 Å². The van der Waals surface area contributed by atoms with Crippen LogP contribution in [-0.2, 0) is 4.79 Å². The van der Waals surface area contributed by atoms with Gasteiger partial charge >= 0.3 is 0 Å². The topological polar surface area (TPSA) is 29.5 Å². The van der Waals surface area contributed by atoms with Crippen molar-refractivity contribution in [1.29, 1.82) is 0 Å². The summed E-state index contributed by atoms with van der Waals surface area (Å²) in [5, 5.41) is 0. The number of piperidine rings is 1. The van der Waals surface area contributed by atoms with Crippen molar-refractivity contribution >= 4 is 24.3 Å². The molecule has 0 spiro atoms. The average molecular weight is 310 g/mol. The van der Waals surface area contributed by atoms with Gasteiger partial charge in [0, 0.05) is 13.0 Å². The van der Waals surface area contributed by atoms with Crippen molar-refractivity contribution in [2.45, 2.75) is 25.7 Å². The first-order valence-electron chi connectivity index (χ1n) is 7.35. The fraction of sp³-hybridized carbons (Fsp3) is 0.471. The molecule has 0 amide bonds. The number of methoxy groups -OCH3 is 1. The van der Waals surface area contributed by atoms with Crippen molar-refractivity contribution < 1.29 is 9.53 Å². The maximum atomic E-state index is 11.8. The first-order chi connectivity index (χ1) is 9.78. The first kappa shape index (κ1) is 17.7. The van der Waals surface area contributed by atoms with Crippen molar-refractivity contribution in [2.24, 2.45) is 0 Å². The van der Waals surface area contributed by atoms with Crippen LogP contribution in [-0.4, -0.2) is 37.4 Å². The van der Waals surface area contributed by atoms with Crippen molar-refractivity contribution in [3.05, 3.63) is 35.9 Å². The number of carbonyl (C=O) groups excluding carboxylic acids is 1. The minimum absolute atomic E-state index is 0. The van der Waals surface area contributed by atoms with Crippen molar-refractivity contribution in [3.63, 3.8) is 0 Å². The molecule has 0 radical (unpaired) electrons. The molecule has 1 heterocycles. The molecular formula is C17H24ClNO2. The van der Waals surface area contributed by atoms with Gasteiger partial charge in [-0.3, -0.25) is 4.79 Å². The van der Waals surface area contributed by atoms with Gasteiger partial charge in [0.1, 0.15) is 5.75 Å². The summed E-state index contributed by atoms with van der Waals surface area (Å²) in [6.45, 7) is 3.19. The number of nitrogens with zero attached hydrogens (tertiary/aromatic N) is 1. The van der Waals surface area contributed by atoms with Gasteiger partial charge in [-0.25, -0.2) is 0 Å². The predicted molar refractivity (Wildman–Crippen MR) is 89.2 cm³/mol. The Kier molecular flexibility index (Phi) is 8.09. The molecule has 0 bridgehead atoms. The summed E-state index contributed by atoms with van der Waals surface area (Å²) in [7, 11) is 1.65. The normalized spacial score (nSPS) is 15.7. The van der Waals surface area contributed by atoms with E-state index in [0.29, 0.717) is 6.42 Å². The Morgan fingerprint density at radius 3 is 2.48 bits per heavy atom. The molecule has 0 aromatic heterocycles. The van der Waals surface area contributed by atoms with Crippen LogP contribution in [0.1, 0.15) is 31.2 Å². The Morgan fingerprint density at radius 1 is 1.19 bits per heavy atom. The van der Waals surface area contributed by atoms with E-state index in [4.69, 9.17) is 4.74 Å². The number of benzene rings is 1. The molecule has 0 atom stereocenters. The van der Waals surface area contributed by atoms with Crippen LogP contribution in [0.15, 0.2) is 30.3 Å². The Hall–Kier alpha value is -1.32. The monoisotopic (exact) mass is 309 g/mol. The minimum atomic E-state index is 0.